The van der Waals surface area contributed by atoms with Gasteiger partial charge in [-0.2, -0.15) is 0 Å². The van der Waals surface area contributed by atoms with Crippen LogP contribution in [0.4, 0.5) is 11.6 Å². The van der Waals surface area contributed by atoms with Crippen molar-refractivity contribution in [2.45, 2.75) is 19.3 Å². The summed E-state index contributed by atoms with van der Waals surface area (Å²) in [6.07, 6.45) is 5.62. The van der Waals surface area contributed by atoms with Crippen molar-refractivity contribution in [3.63, 3.8) is 0 Å². The molecule has 1 aliphatic heterocycles. The molecule has 6 heteroatoms. The number of piperidine rings is 1. The summed E-state index contributed by atoms with van der Waals surface area (Å²) in [5.74, 6) is 1.66. The number of hydrogen-bond acceptors (Lipinski definition) is 5. The molecule has 0 atom stereocenters. The number of hydrogen-bond donors (Lipinski definition) is 2. The van der Waals surface area contributed by atoms with Crippen molar-refractivity contribution in [1.29, 1.82) is 0 Å². The highest BCUT2D eigenvalue weighted by Crippen LogP contribution is 2.25. The SMILES string of the molecule is CNc1ncnc(NCCN2CCCCC2)c1Br. The number of aromatic nitrogens is 2. The van der Waals surface area contributed by atoms with Crippen molar-refractivity contribution in [3.8, 4) is 0 Å². The van der Waals surface area contributed by atoms with Crippen LogP contribution in [0.25, 0.3) is 0 Å². The maximum Gasteiger partial charge on any atom is 0.145 e. The summed E-state index contributed by atoms with van der Waals surface area (Å²) in [4.78, 5) is 10.9. The van der Waals surface area contributed by atoms with Gasteiger partial charge in [0.25, 0.3) is 0 Å². The number of halogens is 1. The minimum absolute atomic E-state index is 0.811. The predicted molar refractivity (Wildman–Crippen MR) is 78.1 cm³/mol. The first kappa shape index (κ1) is 13.5. The second kappa shape index (κ2) is 6.89. The Morgan fingerprint density at radius 2 is 1.94 bits per heavy atom. The van der Waals surface area contributed by atoms with E-state index in [4.69, 9.17) is 0 Å². The van der Waals surface area contributed by atoms with E-state index in [1.54, 1.807) is 6.33 Å². The van der Waals surface area contributed by atoms with Crippen LogP contribution in [-0.4, -0.2) is 48.1 Å². The van der Waals surface area contributed by atoms with Gasteiger partial charge in [-0.25, -0.2) is 9.97 Å². The average molecular weight is 314 g/mol. The van der Waals surface area contributed by atoms with Crippen LogP contribution in [0, 0.1) is 0 Å². The number of anilines is 2. The molecule has 0 aliphatic carbocycles. The van der Waals surface area contributed by atoms with Gasteiger partial charge in [0.2, 0.25) is 0 Å². The molecule has 0 spiro atoms. The van der Waals surface area contributed by atoms with Crippen LogP contribution in [-0.2, 0) is 0 Å². The highest BCUT2D eigenvalue weighted by molar-refractivity contribution is 9.10. The Morgan fingerprint density at radius 3 is 2.67 bits per heavy atom. The van der Waals surface area contributed by atoms with Crippen LogP contribution in [0.5, 0.6) is 0 Å². The lowest BCUT2D eigenvalue weighted by Gasteiger charge is -2.26. The molecular formula is C12H20BrN5. The van der Waals surface area contributed by atoms with Gasteiger partial charge in [0, 0.05) is 20.1 Å². The van der Waals surface area contributed by atoms with Crippen LogP contribution < -0.4 is 10.6 Å². The third-order valence-electron chi connectivity index (χ3n) is 3.20. The molecule has 2 rings (SSSR count). The Bertz CT molecular complexity index is 379. The fourth-order valence-electron chi connectivity index (χ4n) is 2.18. The number of likely N-dealkylation sites (tertiary alicyclic amines) is 1. The zero-order valence-corrected chi connectivity index (χ0v) is 12.3. The quantitative estimate of drug-likeness (QED) is 0.872. The molecule has 1 saturated heterocycles. The monoisotopic (exact) mass is 313 g/mol. The molecule has 0 bridgehead atoms. The van der Waals surface area contributed by atoms with Crippen molar-refractivity contribution in [1.82, 2.24) is 14.9 Å². The second-order valence-corrected chi connectivity index (χ2v) is 5.26. The van der Waals surface area contributed by atoms with Crippen LogP contribution in [0.3, 0.4) is 0 Å². The van der Waals surface area contributed by atoms with E-state index in [1.165, 1.54) is 32.4 Å². The summed E-state index contributed by atoms with van der Waals surface area (Å²) in [7, 11) is 1.85. The highest BCUT2D eigenvalue weighted by Gasteiger charge is 2.10. The maximum atomic E-state index is 4.24. The van der Waals surface area contributed by atoms with Crippen molar-refractivity contribution < 1.29 is 0 Å². The molecule has 2 N–H and O–H groups in total. The Balaban J connectivity index is 1.82. The fourth-order valence-corrected chi connectivity index (χ4v) is 2.73. The number of nitrogens with one attached hydrogen (secondary N) is 2. The van der Waals surface area contributed by atoms with E-state index in [-0.39, 0.29) is 0 Å². The Labute approximate surface area is 117 Å². The number of rotatable bonds is 5. The van der Waals surface area contributed by atoms with Gasteiger partial charge in [-0.1, -0.05) is 6.42 Å². The van der Waals surface area contributed by atoms with Crippen molar-refractivity contribution in [3.05, 3.63) is 10.8 Å². The van der Waals surface area contributed by atoms with Crippen LogP contribution in [0.2, 0.25) is 0 Å². The van der Waals surface area contributed by atoms with Gasteiger partial charge in [0.05, 0.1) is 0 Å². The van der Waals surface area contributed by atoms with Gasteiger partial charge < -0.3 is 15.5 Å². The fraction of sp³-hybridized carbons (Fsp3) is 0.667. The first-order chi connectivity index (χ1) is 8.81. The van der Waals surface area contributed by atoms with Gasteiger partial charge in [-0.05, 0) is 41.9 Å². The summed E-state index contributed by atoms with van der Waals surface area (Å²) in [6, 6.07) is 0. The zero-order valence-electron chi connectivity index (χ0n) is 10.7. The first-order valence-corrected chi connectivity index (χ1v) is 7.25. The van der Waals surface area contributed by atoms with E-state index >= 15 is 0 Å². The smallest absolute Gasteiger partial charge is 0.145 e. The molecule has 1 fully saturated rings. The van der Waals surface area contributed by atoms with Gasteiger partial charge >= 0.3 is 0 Å². The minimum Gasteiger partial charge on any atom is -0.372 e. The Hall–Kier alpha value is -0.880. The van der Waals surface area contributed by atoms with Crippen LogP contribution >= 0.6 is 15.9 Å². The summed E-state index contributed by atoms with van der Waals surface area (Å²) in [5, 5.41) is 6.38. The molecule has 5 nitrogen and oxygen atoms in total. The lowest BCUT2D eigenvalue weighted by atomic mass is 10.1. The molecule has 1 aliphatic rings. The number of nitrogens with zero attached hydrogens (tertiary/aromatic N) is 3. The molecule has 100 valence electrons. The van der Waals surface area contributed by atoms with Crippen molar-refractivity contribution in [2.75, 3.05) is 43.9 Å². The highest BCUT2D eigenvalue weighted by atomic mass is 79.9. The molecule has 2 heterocycles. The van der Waals surface area contributed by atoms with Crippen molar-refractivity contribution >= 4 is 27.6 Å². The molecule has 0 unspecified atom stereocenters. The summed E-state index contributed by atoms with van der Waals surface area (Å²) >= 11 is 3.50. The van der Waals surface area contributed by atoms with Crippen LogP contribution in [0.15, 0.2) is 10.8 Å². The molecule has 0 aromatic carbocycles. The second-order valence-electron chi connectivity index (χ2n) is 4.46. The molecule has 1 aromatic heterocycles. The normalized spacial score (nSPS) is 16.6. The summed E-state index contributed by atoms with van der Waals surface area (Å²) in [6.45, 7) is 4.45. The zero-order chi connectivity index (χ0) is 12.8. The van der Waals surface area contributed by atoms with Gasteiger partial charge in [-0.15, -0.1) is 0 Å². The summed E-state index contributed by atoms with van der Waals surface area (Å²) < 4.78 is 0.895. The Morgan fingerprint density at radius 1 is 1.22 bits per heavy atom. The lowest BCUT2D eigenvalue weighted by molar-refractivity contribution is 0.237. The topological polar surface area (TPSA) is 53.1 Å². The van der Waals surface area contributed by atoms with E-state index in [2.05, 4.69) is 41.4 Å². The molecule has 0 radical (unpaired) electrons. The van der Waals surface area contributed by atoms with Gasteiger partial charge in [0.15, 0.2) is 0 Å². The molecule has 18 heavy (non-hydrogen) atoms. The van der Waals surface area contributed by atoms with Crippen molar-refractivity contribution in [2.24, 2.45) is 0 Å². The lowest BCUT2D eigenvalue weighted by Crippen LogP contribution is -2.33. The third kappa shape index (κ3) is 3.55. The molecule has 1 aromatic rings. The largest absolute Gasteiger partial charge is 0.372 e. The standard InChI is InChI=1S/C12H20BrN5/c1-14-11-10(13)12(17-9-16-11)15-5-8-18-6-3-2-4-7-18/h9H,2-8H2,1H3,(H2,14,15,16,17). The van der Waals surface area contributed by atoms with E-state index in [0.717, 1.165) is 29.2 Å². The van der Waals surface area contributed by atoms with Gasteiger partial charge in [-0.3, -0.25) is 0 Å². The Kier molecular flexibility index (Phi) is 5.19. The maximum absolute atomic E-state index is 4.24. The average Bonchev–Trinajstić information content (AvgIpc) is 2.42. The van der Waals surface area contributed by atoms with E-state index < -0.39 is 0 Å². The first-order valence-electron chi connectivity index (χ1n) is 6.45. The molecular weight excluding hydrogens is 294 g/mol. The molecule has 0 amide bonds. The van der Waals surface area contributed by atoms with E-state index in [0.29, 0.717) is 0 Å². The minimum atomic E-state index is 0.811. The molecule has 0 saturated carbocycles. The van der Waals surface area contributed by atoms with E-state index in [9.17, 15) is 0 Å². The predicted octanol–water partition coefficient (Wildman–Crippen LogP) is 2.18. The third-order valence-corrected chi connectivity index (χ3v) is 3.95. The summed E-state index contributed by atoms with van der Waals surface area (Å²) in [5.41, 5.74) is 0. The van der Waals surface area contributed by atoms with Gasteiger partial charge in [0.1, 0.15) is 22.4 Å². The van der Waals surface area contributed by atoms with E-state index in [1.807, 2.05) is 7.05 Å². The van der Waals surface area contributed by atoms with Crippen LogP contribution in [0.1, 0.15) is 19.3 Å².